The quantitative estimate of drug-likeness (QED) is 0.785. The molecule has 0 spiro atoms. The van der Waals surface area contributed by atoms with Crippen molar-refractivity contribution >= 4 is 28.8 Å². The van der Waals surface area contributed by atoms with Crippen LogP contribution >= 0.6 is 23.2 Å². The standard InChI is InChI=1S/C14H15Cl2N5/c1-10(7-21-4-2-3-18-21)17-6-12-9-20-8-11(15)5-13(16)14(20)19-12/h2-5,8-10,17H,6-7H2,1H3/t10-/m1/s1. The number of pyridine rings is 1. The van der Waals surface area contributed by atoms with Gasteiger partial charge in [0.25, 0.3) is 0 Å². The number of rotatable bonds is 5. The van der Waals surface area contributed by atoms with Crippen LogP contribution in [0.15, 0.2) is 36.9 Å². The number of halogens is 2. The molecular weight excluding hydrogens is 309 g/mol. The van der Waals surface area contributed by atoms with Crippen molar-refractivity contribution in [2.75, 3.05) is 0 Å². The van der Waals surface area contributed by atoms with Crippen LogP contribution in [0.1, 0.15) is 12.6 Å². The molecule has 0 aliphatic carbocycles. The molecule has 0 saturated carbocycles. The third-order valence-corrected chi connectivity index (χ3v) is 3.66. The lowest BCUT2D eigenvalue weighted by Gasteiger charge is -2.12. The number of nitrogens with one attached hydrogen (secondary N) is 1. The van der Waals surface area contributed by atoms with Crippen molar-refractivity contribution in [3.63, 3.8) is 0 Å². The Balaban J connectivity index is 1.66. The van der Waals surface area contributed by atoms with Crippen molar-refractivity contribution in [2.24, 2.45) is 0 Å². The molecule has 3 aromatic heterocycles. The molecule has 0 aliphatic heterocycles. The topological polar surface area (TPSA) is 47.2 Å². The number of imidazole rings is 1. The second-order valence-electron chi connectivity index (χ2n) is 4.98. The summed E-state index contributed by atoms with van der Waals surface area (Å²) in [6, 6.07) is 3.90. The number of hydrogen-bond acceptors (Lipinski definition) is 3. The normalized spacial score (nSPS) is 12.9. The van der Waals surface area contributed by atoms with Crippen molar-refractivity contribution < 1.29 is 0 Å². The van der Waals surface area contributed by atoms with Crippen molar-refractivity contribution in [3.8, 4) is 0 Å². The Morgan fingerprint density at radius 1 is 1.33 bits per heavy atom. The highest BCUT2D eigenvalue weighted by atomic mass is 35.5. The zero-order valence-corrected chi connectivity index (χ0v) is 13.0. The fourth-order valence-electron chi connectivity index (χ4n) is 2.19. The Kier molecular flexibility index (Phi) is 4.14. The smallest absolute Gasteiger partial charge is 0.156 e. The third-order valence-electron chi connectivity index (χ3n) is 3.17. The first-order valence-corrected chi connectivity index (χ1v) is 7.41. The van der Waals surface area contributed by atoms with Crippen LogP contribution in [0, 0.1) is 0 Å². The zero-order chi connectivity index (χ0) is 14.8. The van der Waals surface area contributed by atoms with E-state index in [1.54, 1.807) is 18.5 Å². The number of hydrogen-bond donors (Lipinski definition) is 1. The highest BCUT2D eigenvalue weighted by Gasteiger charge is 2.08. The molecular formula is C14H15Cl2N5. The molecule has 0 amide bonds. The van der Waals surface area contributed by atoms with E-state index in [1.807, 2.05) is 27.5 Å². The summed E-state index contributed by atoms with van der Waals surface area (Å²) in [5.74, 6) is 0. The predicted octanol–water partition coefficient (Wildman–Crippen LogP) is 3.02. The first kappa shape index (κ1) is 14.4. The van der Waals surface area contributed by atoms with E-state index < -0.39 is 0 Å². The summed E-state index contributed by atoms with van der Waals surface area (Å²) in [4.78, 5) is 4.51. The largest absolute Gasteiger partial charge is 0.307 e. The van der Waals surface area contributed by atoms with Gasteiger partial charge in [-0.05, 0) is 19.1 Å². The van der Waals surface area contributed by atoms with Gasteiger partial charge in [-0.1, -0.05) is 23.2 Å². The summed E-state index contributed by atoms with van der Waals surface area (Å²) in [5.41, 5.74) is 1.64. The van der Waals surface area contributed by atoms with Gasteiger partial charge in [0.1, 0.15) is 0 Å². The first-order chi connectivity index (χ1) is 10.1. The Labute approximate surface area is 132 Å². The van der Waals surface area contributed by atoms with E-state index in [4.69, 9.17) is 23.2 Å². The number of nitrogens with zero attached hydrogens (tertiary/aromatic N) is 4. The zero-order valence-electron chi connectivity index (χ0n) is 11.5. The van der Waals surface area contributed by atoms with E-state index in [0.717, 1.165) is 17.9 Å². The second kappa shape index (κ2) is 6.05. The number of fused-ring (bicyclic) bond motifs is 1. The van der Waals surface area contributed by atoms with Gasteiger partial charge in [-0.15, -0.1) is 0 Å². The summed E-state index contributed by atoms with van der Waals surface area (Å²) in [7, 11) is 0. The minimum atomic E-state index is 0.286. The molecule has 0 fully saturated rings. The van der Waals surface area contributed by atoms with Crippen molar-refractivity contribution in [2.45, 2.75) is 26.1 Å². The highest BCUT2D eigenvalue weighted by molar-refractivity contribution is 6.36. The van der Waals surface area contributed by atoms with Gasteiger partial charge in [0.15, 0.2) is 5.65 Å². The maximum absolute atomic E-state index is 6.13. The van der Waals surface area contributed by atoms with E-state index in [-0.39, 0.29) is 6.04 Å². The molecule has 0 saturated heterocycles. The summed E-state index contributed by atoms with van der Waals surface area (Å²) < 4.78 is 3.75. The van der Waals surface area contributed by atoms with E-state index in [9.17, 15) is 0 Å². The maximum Gasteiger partial charge on any atom is 0.156 e. The van der Waals surface area contributed by atoms with Gasteiger partial charge in [-0.2, -0.15) is 5.10 Å². The maximum atomic E-state index is 6.13. The minimum Gasteiger partial charge on any atom is -0.307 e. The summed E-state index contributed by atoms with van der Waals surface area (Å²) in [6.07, 6.45) is 7.46. The van der Waals surface area contributed by atoms with Gasteiger partial charge in [0.05, 0.1) is 22.3 Å². The lowest BCUT2D eigenvalue weighted by Crippen LogP contribution is -2.30. The van der Waals surface area contributed by atoms with Gasteiger partial charge in [-0.3, -0.25) is 4.68 Å². The average molecular weight is 324 g/mol. The molecule has 5 nitrogen and oxygen atoms in total. The lowest BCUT2D eigenvalue weighted by atomic mass is 10.3. The van der Waals surface area contributed by atoms with Crippen LogP contribution in [0.2, 0.25) is 10.0 Å². The average Bonchev–Trinajstić information content (AvgIpc) is 3.05. The molecule has 3 rings (SSSR count). The third kappa shape index (κ3) is 3.37. The molecule has 1 N–H and O–H groups in total. The Hall–Kier alpha value is -1.56. The van der Waals surface area contributed by atoms with Crippen LogP contribution in [0.5, 0.6) is 0 Å². The molecule has 110 valence electrons. The lowest BCUT2D eigenvalue weighted by molar-refractivity contribution is 0.449. The van der Waals surface area contributed by atoms with Gasteiger partial charge in [0, 0.05) is 37.4 Å². The SMILES string of the molecule is C[C@H](Cn1cccn1)NCc1cn2cc(Cl)cc(Cl)c2n1. The molecule has 21 heavy (non-hydrogen) atoms. The summed E-state index contributed by atoms with van der Waals surface area (Å²) in [5, 5.41) is 8.76. The van der Waals surface area contributed by atoms with Crippen LogP contribution in [0.25, 0.3) is 5.65 Å². The molecule has 3 aromatic rings. The molecule has 1 atom stereocenters. The van der Waals surface area contributed by atoms with Gasteiger partial charge >= 0.3 is 0 Å². The van der Waals surface area contributed by atoms with E-state index in [2.05, 4.69) is 22.3 Å². The van der Waals surface area contributed by atoms with E-state index >= 15 is 0 Å². The van der Waals surface area contributed by atoms with Gasteiger partial charge in [-0.25, -0.2) is 4.98 Å². The fraction of sp³-hybridized carbons (Fsp3) is 0.286. The number of aromatic nitrogens is 4. The van der Waals surface area contributed by atoms with Crippen molar-refractivity contribution in [1.82, 2.24) is 24.5 Å². The summed E-state index contributed by atoms with van der Waals surface area (Å²) >= 11 is 12.1. The van der Waals surface area contributed by atoms with Crippen LogP contribution < -0.4 is 5.32 Å². The highest BCUT2D eigenvalue weighted by Crippen LogP contribution is 2.21. The van der Waals surface area contributed by atoms with Crippen LogP contribution in [-0.4, -0.2) is 25.2 Å². The second-order valence-corrected chi connectivity index (χ2v) is 5.82. The van der Waals surface area contributed by atoms with Crippen LogP contribution in [0.3, 0.4) is 0 Å². The molecule has 0 aliphatic rings. The molecule has 0 aromatic carbocycles. The molecule has 3 heterocycles. The first-order valence-electron chi connectivity index (χ1n) is 6.65. The summed E-state index contributed by atoms with van der Waals surface area (Å²) in [6.45, 7) is 3.59. The van der Waals surface area contributed by atoms with Crippen molar-refractivity contribution in [1.29, 1.82) is 0 Å². The van der Waals surface area contributed by atoms with Gasteiger partial charge < -0.3 is 9.72 Å². The van der Waals surface area contributed by atoms with E-state index in [1.165, 1.54) is 0 Å². The monoisotopic (exact) mass is 323 g/mol. The predicted molar refractivity (Wildman–Crippen MR) is 83.7 cm³/mol. The molecule has 0 bridgehead atoms. The minimum absolute atomic E-state index is 0.286. The van der Waals surface area contributed by atoms with Crippen LogP contribution in [-0.2, 0) is 13.1 Å². The molecule has 0 unspecified atom stereocenters. The molecule has 0 radical (unpaired) electrons. The Morgan fingerprint density at radius 2 is 2.19 bits per heavy atom. The Morgan fingerprint density at radius 3 is 2.95 bits per heavy atom. The van der Waals surface area contributed by atoms with Crippen LogP contribution in [0.4, 0.5) is 0 Å². The fourth-order valence-corrected chi connectivity index (χ4v) is 2.72. The molecule has 7 heteroatoms. The van der Waals surface area contributed by atoms with Crippen molar-refractivity contribution in [3.05, 3.63) is 52.7 Å². The van der Waals surface area contributed by atoms with Gasteiger partial charge in [0.2, 0.25) is 0 Å². The Bertz CT molecular complexity index is 735. The van der Waals surface area contributed by atoms with E-state index in [0.29, 0.717) is 16.6 Å².